The van der Waals surface area contributed by atoms with Gasteiger partial charge in [0.25, 0.3) is 0 Å². The molecule has 0 heterocycles. The molecule has 0 aromatic carbocycles. The highest BCUT2D eigenvalue weighted by Crippen LogP contribution is 2.14. The highest BCUT2D eigenvalue weighted by Gasteiger charge is 2.33. The zero-order valence-corrected chi connectivity index (χ0v) is 5.26. The van der Waals surface area contributed by atoms with Crippen LogP contribution in [0.25, 0.3) is 0 Å². The first-order chi connectivity index (χ1) is 4.98. The van der Waals surface area contributed by atoms with Crippen LogP contribution in [-0.2, 0) is 4.74 Å². The summed E-state index contributed by atoms with van der Waals surface area (Å²) in [4.78, 5) is 9.30. The third-order valence-corrected chi connectivity index (χ3v) is 0.392. The van der Waals surface area contributed by atoms with Crippen molar-refractivity contribution in [3.05, 3.63) is 0 Å². The van der Waals surface area contributed by atoms with Crippen LogP contribution in [-0.4, -0.2) is 24.0 Å². The molecular formula is C5H5F3O3. The molecule has 11 heavy (non-hydrogen) atoms. The number of halogens is 3. The number of ether oxygens (including phenoxy) is 1. The first-order valence-electron chi connectivity index (χ1n) is 2.17. The van der Waals surface area contributed by atoms with Gasteiger partial charge in [0.05, 0.1) is 0 Å². The molecule has 0 radical (unpaired) electrons. The van der Waals surface area contributed by atoms with Crippen molar-refractivity contribution in [2.45, 2.75) is 6.11 Å². The zero-order chi connectivity index (χ0) is 9.49. The van der Waals surface area contributed by atoms with Gasteiger partial charge in [-0.15, -0.1) is 12.8 Å². The molecule has 0 amide bonds. The molecule has 0 bridgehead atoms. The van der Waals surface area contributed by atoms with Crippen LogP contribution in [0.1, 0.15) is 0 Å². The van der Waals surface area contributed by atoms with Crippen molar-refractivity contribution in [2.75, 3.05) is 6.67 Å². The highest BCUT2D eigenvalue weighted by molar-refractivity contribution is 5.57. The van der Waals surface area contributed by atoms with Gasteiger partial charge in [0.2, 0.25) is 0 Å². The van der Waals surface area contributed by atoms with E-state index in [9.17, 15) is 18.0 Å². The SMILES string of the molecule is C#C.O=C(O)OC(F)(F)CF. The number of alkyl halides is 3. The van der Waals surface area contributed by atoms with Crippen LogP contribution in [0.2, 0.25) is 0 Å². The number of carbonyl (C=O) groups is 1. The van der Waals surface area contributed by atoms with E-state index in [1.807, 2.05) is 0 Å². The highest BCUT2D eigenvalue weighted by atomic mass is 19.3. The van der Waals surface area contributed by atoms with Gasteiger partial charge in [0.15, 0.2) is 6.67 Å². The molecule has 0 saturated heterocycles. The summed E-state index contributed by atoms with van der Waals surface area (Å²) in [7, 11) is 0. The number of rotatable bonds is 2. The number of terminal acetylenes is 1. The number of hydrogen-bond acceptors (Lipinski definition) is 2. The standard InChI is InChI=1S/C3H3F3O3.C2H2/c4-1-3(5,6)9-2(7)8;1-2/h1H2,(H,7,8);1-2H. The van der Waals surface area contributed by atoms with E-state index in [1.54, 1.807) is 0 Å². The maximum Gasteiger partial charge on any atom is 0.510 e. The summed E-state index contributed by atoms with van der Waals surface area (Å²) in [6, 6.07) is 0. The summed E-state index contributed by atoms with van der Waals surface area (Å²) >= 11 is 0. The van der Waals surface area contributed by atoms with E-state index >= 15 is 0 Å². The predicted molar refractivity (Wildman–Crippen MR) is 29.9 cm³/mol. The molecule has 6 heteroatoms. The average molecular weight is 170 g/mol. The van der Waals surface area contributed by atoms with Crippen molar-refractivity contribution in [1.29, 1.82) is 0 Å². The van der Waals surface area contributed by atoms with Crippen molar-refractivity contribution in [1.82, 2.24) is 0 Å². The van der Waals surface area contributed by atoms with E-state index in [1.165, 1.54) is 0 Å². The molecule has 0 atom stereocenters. The van der Waals surface area contributed by atoms with Gasteiger partial charge in [-0.05, 0) is 0 Å². The molecule has 0 aliphatic carbocycles. The topological polar surface area (TPSA) is 46.5 Å². The maximum atomic E-state index is 11.4. The van der Waals surface area contributed by atoms with Crippen molar-refractivity contribution < 1.29 is 27.8 Å². The van der Waals surface area contributed by atoms with Gasteiger partial charge in [-0.1, -0.05) is 0 Å². The second-order valence-electron chi connectivity index (χ2n) is 1.14. The third kappa shape index (κ3) is 8.62. The molecular weight excluding hydrogens is 165 g/mol. The third-order valence-electron chi connectivity index (χ3n) is 0.392. The van der Waals surface area contributed by atoms with Crippen LogP contribution >= 0.6 is 0 Å². The lowest BCUT2D eigenvalue weighted by atomic mass is 10.7. The number of hydrogen-bond donors (Lipinski definition) is 1. The summed E-state index contributed by atoms with van der Waals surface area (Å²) < 4.78 is 36.6. The van der Waals surface area contributed by atoms with Crippen LogP contribution in [0.3, 0.4) is 0 Å². The second kappa shape index (κ2) is 5.41. The van der Waals surface area contributed by atoms with Crippen LogP contribution < -0.4 is 0 Å². The lowest BCUT2D eigenvalue weighted by Crippen LogP contribution is -2.26. The second-order valence-corrected chi connectivity index (χ2v) is 1.14. The normalized spacial score (nSPS) is 9.18. The summed E-state index contributed by atoms with van der Waals surface area (Å²) in [5, 5.41) is 7.51. The molecule has 0 aromatic heterocycles. The van der Waals surface area contributed by atoms with Crippen LogP contribution in [0, 0.1) is 12.8 Å². The van der Waals surface area contributed by atoms with Gasteiger partial charge in [0, 0.05) is 0 Å². The molecule has 0 aromatic rings. The summed E-state index contributed by atoms with van der Waals surface area (Å²) in [6.07, 6.45) is 1.60. The Morgan fingerprint density at radius 3 is 2.00 bits per heavy atom. The fourth-order valence-electron chi connectivity index (χ4n) is 0.155. The Bertz CT molecular complexity index is 143. The summed E-state index contributed by atoms with van der Waals surface area (Å²) in [5.74, 6) is 0. The monoisotopic (exact) mass is 170 g/mol. The molecule has 0 saturated carbocycles. The Kier molecular flexibility index (Phi) is 6.05. The lowest BCUT2D eigenvalue weighted by molar-refractivity contribution is -0.216. The van der Waals surface area contributed by atoms with Crippen LogP contribution in [0.4, 0.5) is 18.0 Å². The molecule has 1 N–H and O–H groups in total. The fraction of sp³-hybridized carbons (Fsp3) is 0.400. The minimum absolute atomic E-state index is 2.14. The number of carboxylic acid groups (broad SMARTS) is 1. The Balaban J connectivity index is 0. The Hall–Kier alpha value is -1.38. The van der Waals surface area contributed by atoms with E-state index in [4.69, 9.17) is 5.11 Å². The van der Waals surface area contributed by atoms with E-state index in [0.29, 0.717) is 0 Å². The molecule has 0 rings (SSSR count). The van der Waals surface area contributed by atoms with E-state index < -0.39 is 18.9 Å². The first kappa shape index (κ1) is 12.3. The van der Waals surface area contributed by atoms with Crippen LogP contribution in [0.15, 0.2) is 0 Å². The molecule has 0 fully saturated rings. The predicted octanol–water partition coefficient (Wildman–Crippen LogP) is 1.49. The first-order valence-corrected chi connectivity index (χ1v) is 2.17. The maximum absolute atomic E-state index is 11.4. The van der Waals surface area contributed by atoms with Gasteiger partial charge in [0.1, 0.15) is 0 Å². The fourth-order valence-corrected chi connectivity index (χ4v) is 0.155. The summed E-state index contributed by atoms with van der Waals surface area (Å²) in [5.41, 5.74) is 0. The van der Waals surface area contributed by atoms with Gasteiger partial charge in [-0.2, -0.15) is 8.78 Å². The molecule has 0 aliphatic rings. The molecule has 0 spiro atoms. The molecule has 0 unspecified atom stereocenters. The van der Waals surface area contributed by atoms with E-state index in [-0.39, 0.29) is 0 Å². The van der Waals surface area contributed by atoms with Crippen LogP contribution in [0.5, 0.6) is 0 Å². The Labute approximate surface area is 60.8 Å². The average Bonchev–Trinajstić information content (AvgIpc) is 1.90. The largest absolute Gasteiger partial charge is 0.510 e. The van der Waals surface area contributed by atoms with Gasteiger partial charge < -0.3 is 9.84 Å². The van der Waals surface area contributed by atoms with Gasteiger partial charge in [-0.25, -0.2) is 9.18 Å². The van der Waals surface area contributed by atoms with Crippen molar-refractivity contribution in [2.24, 2.45) is 0 Å². The molecule has 3 nitrogen and oxygen atoms in total. The molecule has 64 valence electrons. The smallest absolute Gasteiger partial charge is 0.450 e. The summed E-state index contributed by atoms with van der Waals surface area (Å²) in [6.45, 7) is -2.14. The Morgan fingerprint density at radius 2 is 1.91 bits per heavy atom. The minimum atomic E-state index is -4.20. The van der Waals surface area contributed by atoms with Gasteiger partial charge >= 0.3 is 12.3 Å². The van der Waals surface area contributed by atoms with E-state index in [2.05, 4.69) is 17.6 Å². The lowest BCUT2D eigenvalue weighted by Gasteiger charge is -2.08. The Morgan fingerprint density at radius 1 is 1.55 bits per heavy atom. The quantitative estimate of drug-likeness (QED) is 0.504. The minimum Gasteiger partial charge on any atom is -0.450 e. The van der Waals surface area contributed by atoms with Crippen molar-refractivity contribution >= 4 is 6.16 Å². The van der Waals surface area contributed by atoms with Crippen molar-refractivity contribution in [3.63, 3.8) is 0 Å². The van der Waals surface area contributed by atoms with Crippen molar-refractivity contribution in [3.8, 4) is 12.8 Å². The van der Waals surface area contributed by atoms with Gasteiger partial charge in [-0.3, -0.25) is 0 Å². The zero-order valence-electron chi connectivity index (χ0n) is 5.26. The molecule has 0 aliphatic heterocycles. The van der Waals surface area contributed by atoms with E-state index in [0.717, 1.165) is 0 Å².